The van der Waals surface area contributed by atoms with Crippen molar-refractivity contribution in [2.75, 3.05) is 18.1 Å². The molecule has 30 heavy (non-hydrogen) atoms. The zero-order valence-electron chi connectivity index (χ0n) is 16.3. The van der Waals surface area contributed by atoms with Crippen molar-refractivity contribution in [3.63, 3.8) is 0 Å². The number of nitro benzene ring substituents is 1. The number of allylic oxidation sites excluding steroid dienone is 1. The van der Waals surface area contributed by atoms with E-state index in [0.29, 0.717) is 30.6 Å². The van der Waals surface area contributed by atoms with Crippen LogP contribution in [-0.2, 0) is 25.7 Å². The van der Waals surface area contributed by atoms with Gasteiger partial charge < -0.3 is 10.1 Å². The lowest BCUT2D eigenvalue weighted by molar-refractivity contribution is -0.384. The number of benzene rings is 1. The lowest BCUT2D eigenvalue weighted by Gasteiger charge is -2.34. The second-order valence-electron chi connectivity index (χ2n) is 6.66. The fourth-order valence-electron chi connectivity index (χ4n) is 2.99. The predicted octanol–water partition coefficient (Wildman–Crippen LogP) is 2.41. The highest BCUT2D eigenvalue weighted by Gasteiger charge is 2.48. The first kappa shape index (κ1) is 22.2. The van der Waals surface area contributed by atoms with Gasteiger partial charge >= 0.3 is 5.97 Å². The Bertz CT molecular complexity index is 887. The van der Waals surface area contributed by atoms with Crippen LogP contribution in [0.25, 0.3) is 0 Å². The summed E-state index contributed by atoms with van der Waals surface area (Å²) in [6.45, 7) is 2.03. The minimum atomic E-state index is -0.561. The van der Waals surface area contributed by atoms with Crippen molar-refractivity contribution >= 4 is 47.0 Å². The summed E-state index contributed by atoms with van der Waals surface area (Å²) in [6, 6.07) is 5.78. The van der Waals surface area contributed by atoms with Crippen LogP contribution in [0.4, 0.5) is 5.69 Å². The number of thioether (sulfide) groups is 2. The van der Waals surface area contributed by atoms with Gasteiger partial charge in [0.1, 0.15) is 12.3 Å². The average Bonchev–Trinajstić information content (AvgIpc) is 3.00. The van der Waals surface area contributed by atoms with Gasteiger partial charge in [-0.1, -0.05) is 0 Å². The van der Waals surface area contributed by atoms with Crippen LogP contribution in [0.1, 0.15) is 25.3 Å². The number of hydrogen-bond donors (Lipinski definition) is 1. The minimum Gasteiger partial charge on any atom is -0.456 e. The van der Waals surface area contributed by atoms with E-state index in [4.69, 9.17) is 4.74 Å². The van der Waals surface area contributed by atoms with Gasteiger partial charge in [0.2, 0.25) is 11.8 Å². The number of amides is 2. The third-order valence-corrected chi connectivity index (χ3v) is 6.81. The van der Waals surface area contributed by atoms with Gasteiger partial charge in [-0.3, -0.25) is 24.6 Å². The van der Waals surface area contributed by atoms with Gasteiger partial charge in [0.05, 0.1) is 16.7 Å². The summed E-state index contributed by atoms with van der Waals surface area (Å²) in [6.07, 6.45) is 1.04. The summed E-state index contributed by atoms with van der Waals surface area (Å²) in [5.41, 5.74) is 0.902. The summed E-state index contributed by atoms with van der Waals surface area (Å²) in [4.78, 5) is 48.1. The number of nitrogens with zero attached hydrogens (tertiary/aromatic N) is 2. The molecule has 1 saturated heterocycles. The zero-order chi connectivity index (χ0) is 21.7. The van der Waals surface area contributed by atoms with Crippen LogP contribution in [0, 0.1) is 10.1 Å². The van der Waals surface area contributed by atoms with Crippen LogP contribution in [-0.4, -0.2) is 51.0 Å². The van der Waals surface area contributed by atoms with Gasteiger partial charge in [0, 0.05) is 36.3 Å². The van der Waals surface area contributed by atoms with Crippen molar-refractivity contribution in [3.05, 3.63) is 50.5 Å². The Kier molecular flexibility index (Phi) is 7.38. The average molecular weight is 452 g/mol. The zero-order valence-corrected chi connectivity index (χ0v) is 17.9. The first-order valence-electron chi connectivity index (χ1n) is 9.31. The second kappa shape index (κ2) is 9.98. The van der Waals surface area contributed by atoms with Crippen molar-refractivity contribution in [3.8, 4) is 0 Å². The maximum Gasteiger partial charge on any atom is 0.356 e. The highest BCUT2D eigenvalue weighted by molar-refractivity contribution is 8.04. The number of carbonyl (C=O) groups is 3. The van der Waals surface area contributed by atoms with Crippen molar-refractivity contribution in [1.29, 1.82) is 0 Å². The first-order chi connectivity index (χ1) is 14.4. The maximum absolute atomic E-state index is 12.7. The van der Waals surface area contributed by atoms with Crippen molar-refractivity contribution in [2.45, 2.75) is 31.7 Å². The van der Waals surface area contributed by atoms with E-state index in [1.165, 1.54) is 47.9 Å². The predicted molar refractivity (Wildman–Crippen MR) is 113 cm³/mol. The number of rotatable bonds is 10. The van der Waals surface area contributed by atoms with Crippen LogP contribution < -0.4 is 5.32 Å². The third-order valence-electron chi connectivity index (χ3n) is 4.49. The van der Waals surface area contributed by atoms with Crippen LogP contribution in [0.15, 0.2) is 34.9 Å². The van der Waals surface area contributed by atoms with Crippen LogP contribution in [0.3, 0.4) is 0 Å². The standard InChI is InChI=1S/C19H21N3O6S2/c1-12(23)20-7-9-29-8-6-15-18(21-16(24)10-17(21)30-15)19(25)28-11-13-2-4-14(5-3-13)22(26)27/h2-5,17H,6-11H2,1H3,(H,20,23)/t17-/m1/s1. The molecule has 0 aliphatic carbocycles. The molecule has 9 nitrogen and oxygen atoms in total. The summed E-state index contributed by atoms with van der Waals surface area (Å²) in [7, 11) is 0. The molecule has 2 aliphatic rings. The molecule has 1 aromatic carbocycles. The van der Waals surface area contributed by atoms with Gasteiger partial charge in [-0.15, -0.1) is 11.8 Å². The molecule has 2 heterocycles. The van der Waals surface area contributed by atoms with Gasteiger partial charge in [0.25, 0.3) is 5.69 Å². The lowest BCUT2D eigenvalue weighted by atomic mass is 10.1. The molecule has 2 aliphatic heterocycles. The van der Waals surface area contributed by atoms with Crippen molar-refractivity contribution in [1.82, 2.24) is 10.2 Å². The highest BCUT2D eigenvalue weighted by atomic mass is 32.2. The van der Waals surface area contributed by atoms with E-state index in [0.717, 1.165) is 16.4 Å². The Morgan fingerprint density at radius 1 is 1.33 bits per heavy atom. The third kappa shape index (κ3) is 5.33. The van der Waals surface area contributed by atoms with Crippen molar-refractivity contribution in [2.24, 2.45) is 0 Å². The summed E-state index contributed by atoms with van der Waals surface area (Å²) in [5, 5.41) is 13.4. The number of hydrogen-bond acceptors (Lipinski definition) is 8. The molecule has 1 N–H and O–H groups in total. The monoisotopic (exact) mass is 451 g/mol. The number of nitro groups is 1. The molecule has 160 valence electrons. The molecule has 0 aromatic heterocycles. The van der Waals surface area contributed by atoms with Crippen LogP contribution >= 0.6 is 23.5 Å². The lowest BCUT2D eigenvalue weighted by Crippen LogP contribution is -2.48. The van der Waals surface area contributed by atoms with E-state index in [9.17, 15) is 24.5 Å². The summed E-state index contributed by atoms with van der Waals surface area (Å²) < 4.78 is 5.39. The number of carbonyl (C=O) groups excluding carboxylic acids is 3. The Hall–Kier alpha value is -2.53. The van der Waals surface area contributed by atoms with E-state index >= 15 is 0 Å². The van der Waals surface area contributed by atoms with Crippen LogP contribution in [0.5, 0.6) is 0 Å². The largest absolute Gasteiger partial charge is 0.456 e. The molecule has 1 fully saturated rings. The number of β-lactam (4-membered cyclic amide) rings is 1. The Labute approximate surface area is 181 Å². The molecule has 0 radical (unpaired) electrons. The molecular formula is C19H21N3O6S2. The normalized spacial score (nSPS) is 17.4. The number of esters is 1. The minimum absolute atomic E-state index is 0.0313. The molecule has 1 aromatic rings. The summed E-state index contributed by atoms with van der Waals surface area (Å²) >= 11 is 3.18. The van der Waals surface area contributed by atoms with E-state index in [2.05, 4.69) is 5.32 Å². The number of ether oxygens (including phenoxy) is 1. The Balaban J connectivity index is 1.57. The van der Waals surface area contributed by atoms with Crippen LogP contribution in [0.2, 0.25) is 0 Å². The number of nitrogens with one attached hydrogen (secondary N) is 1. The van der Waals surface area contributed by atoms with E-state index in [1.807, 2.05) is 0 Å². The molecular weight excluding hydrogens is 430 g/mol. The smallest absolute Gasteiger partial charge is 0.356 e. The molecule has 1 atom stereocenters. The quantitative estimate of drug-likeness (QED) is 0.189. The first-order valence-corrected chi connectivity index (χ1v) is 11.3. The molecule has 0 bridgehead atoms. The van der Waals surface area contributed by atoms with Gasteiger partial charge in [-0.05, 0) is 29.9 Å². The van der Waals surface area contributed by atoms with E-state index in [-0.39, 0.29) is 29.5 Å². The van der Waals surface area contributed by atoms with Gasteiger partial charge in [-0.2, -0.15) is 11.8 Å². The molecule has 0 spiro atoms. The van der Waals surface area contributed by atoms with Crippen molar-refractivity contribution < 1.29 is 24.0 Å². The Morgan fingerprint density at radius 2 is 2.07 bits per heavy atom. The fourth-order valence-corrected chi connectivity index (χ4v) is 5.32. The molecule has 3 rings (SSSR count). The van der Waals surface area contributed by atoms with E-state index in [1.54, 1.807) is 11.8 Å². The number of fused-ring (bicyclic) bond motifs is 1. The van der Waals surface area contributed by atoms with E-state index < -0.39 is 10.9 Å². The Morgan fingerprint density at radius 3 is 2.70 bits per heavy atom. The SMILES string of the molecule is CC(=O)NCCSCCC1=C(C(=O)OCc2ccc([N+](=O)[O-])cc2)N2C(=O)C[C@H]2S1. The number of non-ortho nitro benzene ring substituents is 1. The highest BCUT2D eigenvalue weighted by Crippen LogP contribution is 2.47. The molecule has 0 saturated carbocycles. The topological polar surface area (TPSA) is 119 Å². The molecule has 0 unspecified atom stereocenters. The fraction of sp³-hybridized carbons (Fsp3) is 0.421. The summed E-state index contributed by atoms with van der Waals surface area (Å²) in [5.74, 6) is 0.808. The maximum atomic E-state index is 12.7. The molecule has 2 amide bonds. The van der Waals surface area contributed by atoms with Gasteiger partial charge in [-0.25, -0.2) is 4.79 Å². The second-order valence-corrected chi connectivity index (χ2v) is 9.15. The van der Waals surface area contributed by atoms with Gasteiger partial charge in [0.15, 0.2) is 0 Å². The molecule has 11 heteroatoms.